The summed E-state index contributed by atoms with van der Waals surface area (Å²) in [5.41, 5.74) is -1.08. The smallest absolute Gasteiger partial charge is 0.482 e. The van der Waals surface area contributed by atoms with Crippen LogP contribution in [0.2, 0.25) is 0 Å². The molecule has 13 heteroatoms. The van der Waals surface area contributed by atoms with Crippen LogP contribution in [0.15, 0.2) is 0 Å². The van der Waals surface area contributed by atoms with Crippen LogP contribution in [0, 0.1) is 5.21 Å². The topological polar surface area (TPSA) is 154 Å². The second-order valence-electron chi connectivity index (χ2n) is 18.8. The van der Waals surface area contributed by atoms with Crippen molar-refractivity contribution in [1.29, 1.82) is 0 Å². The lowest BCUT2D eigenvalue weighted by Crippen LogP contribution is -2.48. The van der Waals surface area contributed by atoms with Gasteiger partial charge in [-0.05, 0) is 46.0 Å². The third-order valence-corrected chi connectivity index (χ3v) is 12.5. The van der Waals surface area contributed by atoms with Gasteiger partial charge in [-0.2, -0.15) is 9.05 Å². The Balaban J connectivity index is 2.25. The highest BCUT2D eigenvalue weighted by Gasteiger charge is 2.44. The van der Waals surface area contributed by atoms with E-state index < -0.39 is 38.1 Å². The lowest BCUT2D eigenvalue weighted by atomic mass is 9.98. The summed E-state index contributed by atoms with van der Waals surface area (Å²) in [6, 6.07) is 0. The monoisotopic (exact) mass is 863 g/mol. The number of hydrogen-bond donors (Lipinski definition) is 0. The van der Waals surface area contributed by atoms with Gasteiger partial charge in [0, 0.05) is 16.9 Å². The van der Waals surface area contributed by atoms with E-state index in [0.29, 0.717) is 30.5 Å². The lowest BCUT2D eigenvalue weighted by molar-refractivity contribution is -0.870. The van der Waals surface area contributed by atoms with Crippen LogP contribution in [0.5, 0.6) is 0 Å². The van der Waals surface area contributed by atoms with Crippen LogP contribution in [-0.2, 0) is 32.9 Å². The minimum Gasteiger partial charge on any atom is -0.783 e. The molecule has 12 nitrogen and oxygen atoms in total. The second kappa shape index (κ2) is 32.7. The zero-order valence-electron chi connectivity index (χ0n) is 39.1. The van der Waals surface area contributed by atoms with Crippen LogP contribution in [0.1, 0.15) is 214 Å². The molecule has 2 atom stereocenters. The molecule has 0 saturated carbocycles. The Bertz CT molecular complexity index is 1060. The lowest BCUT2D eigenvalue weighted by Gasteiger charge is -2.47. The van der Waals surface area contributed by atoms with Crippen molar-refractivity contribution in [1.82, 2.24) is 5.06 Å². The third kappa shape index (κ3) is 29.1. The molecule has 0 aromatic heterocycles. The Morgan fingerprint density at radius 3 is 1.63 bits per heavy atom. The molecule has 0 aromatic carbocycles. The second-order valence-corrected chi connectivity index (χ2v) is 20.2. The molecule has 1 saturated heterocycles. The van der Waals surface area contributed by atoms with Gasteiger partial charge in [0.2, 0.25) is 6.61 Å². The van der Waals surface area contributed by atoms with Gasteiger partial charge in [-0.1, -0.05) is 155 Å². The molecule has 0 spiro atoms. The number of quaternary nitrogens is 1. The molecule has 1 radical (unpaired) electrons. The van der Waals surface area contributed by atoms with Gasteiger partial charge < -0.3 is 38.7 Å². The fourth-order valence-corrected chi connectivity index (χ4v) is 8.30. The number of carbonyl (C=O) groups is 1. The summed E-state index contributed by atoms with van der Waals surface area (Å²) < 4.78 is 27.7. The Kier molecular flexibility index (Phi) is 31.1. The van der Waals surface area contributed by atoms with Crippen molar-refractivity contribution in [3.8, 4) is 0 Å². The number of hydroxylamine groups is 2. The van der Waals surface area contributed by atoms with E-state index in [2.05, 4.69) is 6.92 Å². The highest BCUT2D eigenvalue weighted by atomic mass is 31.2. The maximum Gasteiger partial charge on any atom is 0.482 e. The summed E-state index contributed by atoms with van der Waals surface area (Å²) in [6.07, 6.45) is 30.3. The van der Waals surface area contributed by atoms with E-state index in [0.717, 1.165) is 64.2 Å². The molecule has 0 bridgehead atoms. The minimum absolute atomic E-state index is 0.0295. The molecule has 59 heavy (non-hydrogen) atoms. The molecule has 1 aliphatic rings. The number of esters is 2. The van der Waals surface area contributed by atoms with Crippen LogP contribution in [-0.4, -0.2) is 97.8 Å². The van der Waals surface area contributed by atoms with Crippen LogP contribution < -0.4 is 4.89 Å². The average Bonchev–Trinajstić information content (AvgIpc) is 3.41. The van der Waals surface area contributed by atoms with Gasteiger partial charge >= 0.3 is 20.1 Å². The first kappa shape index (κ1) is 56.1. The van der Waals surface area contributed by atoms with Crippen molar-refractivity contribution in [3.63, 3.8) is 0 Å². The summed E-state index contributed by atoms with van der Waals surface area (Å²) in [6.45, 7) is 8.50. The van der Waals surface area contributed by atoms with E-state index >= 15 is 0 Å². The number of unbranched alkanes of at least 4 members (excludes halogenated alkanes) is 23. The Labute approximate surface area is 362 Å². The van der Waals surface area contributed by atoms with Crippen LogP contribution >= 0.6 is 8.17 Å². The molecule has 1 N–H and O–H groups in total. The number of rotatable bonds is 40. The van der Waals surface area contributed by atoms with Gasteiger partial charge in [-0.25, -0.2) is 0 Å². The quantitative estimate of drug-likeness (QED) is 0.0192. The zero-order chi connectivity index (χ0) is 43.9. The van der Waals surface area contributed by atoms with E-state index in [-0.39, 0.29) is 25.6 Å². The van der Waals surface area contributed by atoms with Crippen LogP contribution in [0.4, 0.5) is 0 Å². The van der Waals surface area contributed by atoms with Gasteiger partial charge in [-0.3, -0.25) is 4.79 Å². The molecule has 0 aliphatic carbocycles. The number of carbonyl (C=O) groups excluding carboxylic acids is 2. The molecule has 1 aliphatic heterocycles. The highest BCUT2D eigenvalue weighted by Crippen LogP contribution is 2.49. The maximum atomic E-state index is 12.7. The van der Waals surface area contributed by atoms with E-state index in [1.54, 1.807) is 0 Å². The number of likely N-dealkylation sites (N-methyl/N-ethyl adjacent to an activating group) is 1. The summed E-state index contributed by atoms with van der Waals surface area (Å²) in [5.74, 6) is -0.587. The van der Waals surface area contributed by atoms with Crippen LogP contribution in [0.25, 0.3) is 0 Å². The molecular formula is C46H91N2O10P+. The molecule has 1 rings (SSSR count). The Hall–Kier alpha value is -0.950. The third-order valence-electron chi connectivity index (χ3n) is 11.5. The van der Waals surface area contributed by atoms with Crippen molar-refractivity contribution in [2.45, 2.75) is 231 Å². The molecule has 0 aromatic rings. The van der Waals surface area contributed by atoms with Crippen molar-refractivity contribution in [3.05, 3.63) is 5.21 Å². The number of nitrogens with zero attached hydrogens (tertiary/aromatic N) is 2. The van der Waals surface area contributed by atoms with E-state index in [9.17, 15) is 24.6 Å². The van der Waals surface area contributed by atoms with Crippen molar-refractivity contribution in [2.75, 3.05) is 54.1 Å². The van der Waals surface area contributed by atoms with Gasteiger partial charge in [0.05, 0.1) is 27.7 Å². The Morgan fingerprint density at radius 1 is 0.729 bits per heavy atom. The summed E-state index contributed by atoms with van der Waals surface area (Å²) in [4.78, 5) is 48.0. The predicted molar refractivity (Wildman–Crippen MR) is 238 cm³/mol. The predicted octanol–water partition coefficient (Wildman–Crippen LogP) is 11.3. The zero-order valence-corrected chi connectivity index (χ0v) is 40.0. The van der Waals surface area contributed by atoms with Gasteiger partial charge in [0.15, 0.2) is 6.10 Å². The normalized spacial score (nSPS) is 18.5. The molecule has 1 fully saturated rings. The van der Waals surface area contributed by atoms with Crippen LogP contribution in [0.3, 0.4) is 0 Å². The van der Waals surface area contributed by atoms with E-state index in [1.165, 1.54) is 108 Å². The summed E-state index contributed by atoms with van der Waals surface area (Å²) in [7, 11) is 1.17. The number of hydrogen-bond acceptors (Lipinski definition) is 9. The average molecular weight is 863 g/mol. The number of ether oxygens (including phenoxy) is 3. The fourth-order valence-electron chi connectivity index (χ4n) is 7.57. The van der Waals surface area contributed by atoms with Gasteiger partial charge in [0.25, 0.3) is 0 Å². The molecule has 349 valence electrons. The molecule has 1 heterocycles. The van der Waals surface area contributed by atoms with E-state index in [1.807, 2.05) is 41.9 Å². The Morgan fingerprint density at radius 2 is 1.19 bits per heavy atom. The first-order chi connectivity index (χ1) is 28.1. The first-order valence-electron chi connectivity index (χ1n) is 23.9. The molecule has 1 unspecified atom stereocenters. The molecular weight excluding hydrogens is 771 g/mol. The maximum absolute atomic E-state index is 12.7. The first-order valence-corrected chi connectivity index (χ1v) is 25.4. The van der Waals surface area contributed by atoms with Crippen molar-refractivity contribution < 1.29 is 47.1 Å². The van der Waals surface area contributed by atoms with Crippen molar-refractivity contribution in [2.24, 2.45) is 0 Å². The SMILES string of the molecule is CCCCCCCCCCCCCCCC(=[OH+])OC[C@H](CO[P+]([O])([O-])OCC[N+](C)(C)C)OC(=O)CCCCCCCCCCCCCCC1(CC)OCC(C)(C)N1[O-]. The summed E-state index contributed by atoms with van der Waals surface area (Å²) >= 11 is 0. The molecule has 0 amide bonds. The van der Waals surface area contributed by atoms with Gasteiger partial charge in [0.1, 0.15) is 31.9 Å². The highest BCUT2D eigenvalue weighted by molar-refractivity contribution is 7.52. The largest absolute Gasteiger partial charge is 0.783 e. The standard InChI is InChI=1S/C46H90N2O10P/c1-8-10-11-12-13-14-15-16-19-22-25-28-31-34-43(49)54-39-42(40-57-59(52,53)56-38-37-48(5,6)7)58-44(50)35-32-29-26-23-20-17-18-21-24-27-30-33-36-46(9-2)47(51)45(3,4)41-55-46/h42H,8-41H2,1-7H3/p+1/t42-,46?/m1/s1. The van der Waals surface area contributed by atoms with Crippen molar-refractivity contribution >= 4 is 20.1 Å². The summed E-state index contributed by atoms with van der Waals surface area (Å²) in [5, 5.41) is 13.9. The fraction of sp³-hybridized carbons (Fsp3) is 0.957. The minimum atomic E-state index is -4.62. The van der Waals surface area contributed by atoms with Gasteiger partial charge in [-0.15, -0.1) is 0 Å². The van der Waals surface area contributed by atoms with E-state index in [4.69, 9.17) is 23.3 Å².